The second-order valence-electron chi connectivity index (χ2n) is 5.19. The van der Waals surface area contributed by atoms with E-state index in [4.69, 9.17) is 4.74 Å². The predicted octanol–water partition coefficient (Wildman–Crippen LogP) is -0.262. The summed E-state index contributed by atoms with van der Waals surface area (Å²) in [5.41, 5.74) is -0.683. The van der Waals surface area contributed by atoms with Crippen molar-refractivity contribution in [3.63, 3.8) is 0 Å². The molecule has 0 bridgehead atoms. The van der Waals surface area contributed by atoms with Crippen molar-refractivity contribution in [3.05, 3.63) is 0 Å². The summed E-state index contributed by atoms with van der Waals surface area (Å²) in [4.78, 5) is 13.1. The minimum atomic E-state index is -0.683. The van der Waals surface area contributed by atoms with Gasteiger partial charge in [0, 0.05) is 45.6 Å². The van der Waals surface area contributed by atoms with Crippen molar-refractivity contribution in [3.8, 4) is 0 Å². The monoisotopic (exact) mass is 242 g/mol. The lowest BCUT2D eigenvalue weighted by Gasteiger charge is -2.33. The topological polar surface area (TPSA) is 61.8 Å². The maximum absolute atomic E-state index is 11.2. The van der Waals surface area contributed by atoms with Crippen LogP contribution in [0, 0.1) is 0 Å². The van der Waals surface area contributed by atoms with E-state index >= 15 is 0 Å². The van der Waals surface area contributed by atoms with Crippen LogP contribution in [-0.4, -0.2) is 60.4 Å². The lowest BCUT2D eigenvalue weighted by molar-refractivity contribution is -0.129. The molecule has 2 aliphatic rings. The van der Waals surface area contributed by atoms with Crippen LogP contribution in [0.2, 0.25) is 0 Å². The molecule has 2 saturated heterocycles. The number of nitrogens with zero attached hydrogens (tertiary/aromatic N) is 1. The van der Waals surface area contributed by atoms with Crippen molar-refractivity contribution in [2.24, 2.45) is 0 Å². The molecule has 0 aliphatic carbocycles. The van der Waals surface area contributed by atoms with E-state index in [0.717, 1.165) is 25.9 Å². The van der Waals surface area contributed by atoms with Crippen molar-refractivity contribution >= 4 is 5.91 Å². The summed E-state index contributed by atoms with van der Waals surface area (Å²) in [5.74, 6) is 0.159. The highest BCUT2D eigenvalue weighted by atomic mass is 16.5. The van der Waals surface area contributed by atoms with Gasteiger partial charge in [-0.1, -0.05) is 0 Å². The number of aliphatic hydroxyl groups is 1. The second kappa shape index (κ2) is 5.33. The van der Waals surface area contributed by atoms with Gasteiger partial charge in [0.05, 0.1) is 6.61 Å². The number of piperidine rings is 1. The van der Waals surface area contributed by atoms with Crippen molar-refractivity contribution in [2.45, 2.75) is 37.8 Å². The second-order valence-corrected chi connectivity index (χ2v) is 5.19. The molecule has 0 saturated carbocycles. The van der Waals surface area contributed by atoms with Gasteiger partial charge in [0.1, 0.15) is 5.60 Å². The Balaban J connectivity index is 1.69. The third-order valence-electron chi connectivity index (χ3n) is 3.74. The Morgan fingerprint density at radius 1 is 1.53 bits per heavy atom. The molecular weight excluding hydrogens is 220 g/mol. The molecule has 2 heterocycles. The molecule has 2 fully saturated rings. The number of nitrogens with one attached hydrogen (secondary N) is 1. The first-order valence-electron chi connectivity index (χ1n) is 6.38. The molecule has 0 radical (unpaired) electrons. The molecule has 0 aromatic carbocycles. The molecule has 1 atom stereocenters. The molecule has 2 aliphatic heterocycles. The third kappa shape index (κ3) is 3.40. The molecule has 0 spiro atoms. The molecule has 0 aromatic heterocycles. The molecule has 0 aromatic rings. The van der Waals surface area contributed by atoms with Crippen LogP contribution >= 0.6 is 0 Å². The van der Waals surface area contributed by atoms with E-state index in [1.54, 1.807) is 6.92 Å². The lowest BCUT2D eigenvalue weighted by Crippen LogP contribution is -2.49. The molecule has 5 nitrogen and oxygen atoms in total. The smallest absolute Gasteiger partial charge is 0.219 e. The van der Waals surface area contributed by atoms with E-state index in [1.807, 2.05) is 4.90 Å². The fourth-order valence-corrected chi connectivity index (χ4v) is 2.47. The first-order valence-corrected chi connectivity index (χ1v) is 6.38. The summed E-state index contributed by atoms with van der Waals surface area (Å²) < 4.78 is 5.21. The summed E-state index contributed by atoms with van der Waals surface area (Å²) in [6.45, 7) is 4.95. The van der Waals surface area contributed by atoms with Crippen molar-refractivity contribution in [1.82, 2.24) is 10.2 Å². The highest BCUT2D eigenvalue weighted by Crippen LogP contribution is 2.18. The number of rotatable bonds is 3. The van der Waals surface area contributed by atoms with Crippen LogP contribution in [0.15, 0.2) is 0 Å². The van der Waals surface area contributed by atoms with Gasteiger partial charge in [-0.25, -0.2) is 0 Å². The van der Waals surface area contributed by atoms with E-state index in [0.29, 0.717) is 32.2 Å². The Labute approximate surface area is 102 Å². The van der Waals surface area contributed by atoms with Crippen LogP contribution in [0.5, 0.6) is 0 Å². The van der Waals surface area contributed by atoms with Crippen molar-refractivity contribution in [1.29, 1.82) is 0 Å². The molecule has 2 rings (SSSR count). The van der Waals surface area contributed by atoms with Gasteiger partial charge in [0.25, 0.3) is 0 Å². The molecule has 1 unspecified atom stereocenters. The van der Waals surface area contributed by atoms with Crippen molar-refractivity contribution < 1.29 is 14.6 Å². The van der Waals surface area contributed by atoms with Crippen LogP contribution in [0.25, 0.3) is 0 Å². The normalized spacial score (nSPS) is 30.8. The van der Waals surface area contributed by atoms with Crippen LogP contribution < -0.4 is 5.32 Å². The summed E-state index contributed by atoms with van der Waals surface area (Å²) in [6.07, 6.45) is 2.65. The van der Waals surface area contributed by atoms with Gasteiger partial charge in [0.15, 0.2) is 0 Å². The lowest BCUT2D eigenvalue weighted by atomic mass is 10.0. The van der Waals surface area contributed by atoms with E-state index < -0.39 is 5.60 Å². The van der Waals surface area contributed by atoms with Crippen LogP contribution in [0.1, 0.15) is 26.2 Å². The zero-order valence-electron chi connectivity index (χ0n) is 10.4. The van der Waals surface area contributed by atoms with Gasteiger partial charge in [-0.3, -0.25) is 4.79 Å². The van der Waals surface area contributed by atoms with E-state index in [2.05, 4.69) is 5.32 Å². The Morgan fingerprint density at radius 2 is 2.24 bits per heavy atom. The summed E-state index contributed by atoms with van der Waals surface area (Å²) in [6, 6.07) is 0.412. The van der Waals surface area contributed by atoms with Crippen molar-refractivity contribution in [2.75, 3.05) is 32.8 Å². The van der Waals surface area contributed by atoms with Gasteiger partial charge >= 0.3 is 0 Å². The van der Waals surface area contributed by atoms with E-state index in [9.17, 15) is 9.90 Å². The number of likely N-dealkylation sites (tertiary alicyclic amines) is 1. The van der Waals surface area contributed by atoms with Gasteiger partial charge < -0.3 is 20.1 Å². The summed E-state index contributed by atoms with van der Waals surface area (Å²) in [7, 11) is 0. The van der Waals surface area contributed by atoms with E-state index in [-0.39, 0.29) is 5.91 Å². The average molecular weight is 242 g/mol. The number of ether oxygens (including phenoxy) is 1. The third-order valence-corrected chi connectivity index (χ3v) is 3.74. The first kappa shape index (κ1) is 12.8. The molecular formula is C12H22N2O3. The average Bonchev–Trinajstić information content (AvgIpc) is 2.75. The highest BCUT2D eigenvalue weighted by Gasteiger charge is 2.33. The molecule has 2 N–H and O–H groups in total. The maximum Gasteiger partial charge on any atom is 0.219 e. The Hall–Kier alpha value is -0.650. The number of carbonyl (C=O) groups is 1. The largest absolute Gasteiger partial charge is 0.386 e. The van der Waals surface area contributed by atoms with Gasteiger partial charge in [-0.15, -0.1) is 0 Å². The zero-order chi connectivity index (χ0) is 12.3. The van der Waals surface area contributed by atoms with Crippen LogP contribution in [0.4, 0.5) is 0 Å². The summed E-state index contributed by atoms with van der Waals surface area (Å²) in [5, 5.41) is 13.5. The number of amides is 1. The molecule has 5 heteroatoms. The minimum Gasteiger partial charge on any atom is -0.386 e. The number of carbonyl (C=O) groups excluding carboxylic acids is 1. The SMILES string of the molecule is CC(=O)N1CCC(NCC2(O)CCOC2)CC1. The summed E-state index contributed by atoms with van der Waals surface area (Å²) >= 11 is 0. The quantitative estimate of drug-likeness (QED) is 0.716. The molecule has 17 heavy (non-hydrogen) atoms. The first-order chi connectivity index (χ1) is 8.09. The molecule has 98 valence electrons. The zero-order valence-corrected chi connectivity index (χ0v) is 10.4. The van der Waals surface area contributed by atoms with Crippen LogP contribution in [0.3, 0.4) is 0 Å². The fraction of sp³-hybridized carbons (Fsp3) is 0.917. The number of hydrogen-bond donors (Lipinski definition) is 2. The number of hydrogen-bond acceptors (Lipinski definition) is 4. The predicted molar refractivity (Wildman–Crippen MR) is 63.7 cm³/mol. The Morgan fingerprint density at radius 3 is 2.76 bits per heavy atom. The standard InChI is InChI=1S/C12H22N2O3/c1-10(15)14-5-2-11(3-6-14)13-8-12(16)4-7-17-9-12/h11,13,16H,2-9H2,1H3. The fourth-order valence-electron chi connectivity index (χ4n) is 2.47. The van der Waals surface area contributed by atoms with Gasteiger partial charge in [-0.05, 0) is 12.8 Å². The highest BCUT2D eigenvalue weighted by molar-refractivity contribution is 5.73. The Bertz CT molecular complexity index is 269. The Kier molecular flexibility index (Phi) is 4.01. The van der Waals surface area contributed by atoms with Crippen LogP contribution in [-0.2, 0) is 9.53 Å². The molecule has 1 amide bonds. The maximum atomic E-state index is 11.2. The minimum absolute atomic E-state index is 0.159. The van der Waals surface area contributed by atoms with Gasteiger partial charge in [0.2, 0.25) is 5.91 Å². The van der Waals surface area contributed by atoms with Gasteiger partial charge in [-0.2, -0.15) is 0 Å². The van der Waals surface area contributed by atoms with E-state index in [1.165, 1.54) is 0 Å².